The molecule has 4 rings (SSSR count). The number of rotatable bonds is 4. The number of nitrogens with zero attached hydrogens (tertiary/aromatic N) is 2. The molecule has 3 aliphatic rings. The molecular weight excluding hydrogens is 355 g/mol. The minimum absolute atomic E-state index is 0.0308. The van der Waals surface area contributed by atoms with Gasteiger partial charge in [0.25, 0.3) is 0 Å². The number of hydrogen-bond acceptors (Lipinski definition) is 3. The summed E-state index contributed by atoms with van der Waals surface area (Å²) in [5, 5.41) is 9.48. The molecule has 2 heterocycles. The molecule has 5 heteroatoms. The van der Waals surface area contributed by atoms with E-state index in [0.29, 0.717) is 19.5 Å². The number of allylic oxidation sites excluding steroid dienone is 3. The van der Waals surface area contributed by atoms with Crippen molar-refractivity contribution in [3.05, 3.63) is 59.4 Å². The third kappa shape index (κ3) is 4.00. The van der Waals surface area contributed by atoms with Crippen LogP contribution in [0.15, 0.2) is 48.3 Å². The van der Waals surface area contributed by atoms with Gasteiger partial charge in [-0.1, -0.05) is 35.9 Å². The summed E-state index contributed by atoms with van der Waals surface area (Å²) in [7, 11) is 0. The molecule has 1 aromatic carbocycles. The van der Waals surface area contributed by atoms with Crippen LogP contribution in [0, 0.1) is 18.8 Å². The highest BCUT2D eigenvalue weighted by molar-refractivity contribution is 5.84. The fraction of sp³-hybridized carbons (Fsp3) is 0.522. The molecule has 1 amide bonds. The van der Waals surface area contributed by atoms with E-state index in [-0.39, 0.29) is 29.5 Å². The summed E-state index contributed by atoms with van der Waals surface area (Å²) in [4.78, 5) is 16.9. The topological polar surface area (TPSA) is 43.8 Å². The van der Waals surface area contributed by atoms with Crippen molar-refractivity contribution in [1.82, 2.24) is 9.80 Å². The Labute approximate surface area is 166 Å². The predicted molar refractivity (Wildman–Crippen MR) is 108 cm³/mol. The normalized spacial score (nSPS) is 31.3. The number of aliphatic hydroxyl groups is 1. The van der Waals surface area contributed by atoms with Gasteiger partial charge in [-0.15, -0.1) is 0 Å². The van der Waals surface area contributed by atoms with E-state index in [1.807, 2.05) is 17.0 Å². The van der Waals surface area contributed by atoms with Crippen molar-refractivity contribution >= 4 is 5.91 Å². The minimum atomic E-state index is -0.935. The molecule has 4 nitrogen and oxygen atoms in total. The first-order valence-electron chi connectivity index (χ1n) is 10.3. The zero-order valence-electron chi connectivity index (χ0n) is 16.4. The minimum Gasteiger partial charge on any atom is -0.508 e. The van der Waals surface area contributed by atoms with Crippen LogP contribution in [-0.4, -0.2) is 52.7 Å². The highest BCUT2D eigenvalue weighted by Crippen LogP contribution is 2.35. The number of carbonyl (C=O) groups excluding carboxylic acids is 1. The van der Waals surface area contributed by atoms with Gasteiger partial charge >= 0.3 is 0 Å². The van der Waals surface area contributed by atoms with Crippen LogP contribution < -0.4 is 0 Å². The van der Waals surface area contributed by atoms with Gasteiger partial charge in [0.15, 0.2) is 0 Å². The second-order valence-corrected chi connectivity index (χ2v) is 8.40. The SMILES string of the molecule is Cc1cccc(CN2CCC(N3CC[C@@H](C4C=CC(O)=CC4)[C@H](F)C3)C2=O)c1. The standard InChI is InChI=1S/C23H29FN2O2/c1-16-3-2-4-17(13-16)14-26-12-10-22(23(26)28)25-11-9-20(21(24)15-25)18-5-7-19(27)8-6-18/h2-5,7-8,13,18,20-22,27H,6,9-12,14-15H2,1H3/t18?,20-,21+,22?/m0/s1. The molecule has 0 spiro atoms. The number of hydrogen-bond donors (Lipinski definition) is 1. The van der Waals surface area contributed by atoms with Gasteiger partial charge in [0.1, 0.15) is 11.9 Å². The number of aliphatic hydroxyl groups excluding tert-OH is 1. The molecule has 150 valence electrons. The maximum absolute atomic E-state index is 15.0. The highest BCUT2D eigenvalue weighted by atomic mass is 19.1. The molecule has 0 saturated carbocycles. The highest BCUT2D eigenvalue weighted by Gasteiger charge is 2.41. The molecule has 0 bridgehead atoms. The van der Waals surface area contributed by atoms with Crippen LogP contribution in [0.3, 0.4) is 0 Å². The molecule has 0 aromatic heterocycles. The first-order valence-corrected chi connectivity index (χ1v) is 10.3. The van der Waals surface area contributed by atoms with Gasteiger partial charge in [0.05, 0.1) is 6.04 Å². The van der Waals surface area contributed by atoms with Crippen LogP contribution in [0.5, 0.6) is 0 Å². The lowest BCUT2D eigenvalue weighted by atomic mass is 9.79. The Morgan fingerprint density at radius 1 is 1.25 bits per heavy atom. The molecule has 0 radical (unpaired) electrons. The Morgan fingerprint density at radius 3 is 2.82 bits per heavy atom. The largest absolute Gasteiger partial charge is 0.508 e. The van der Waals surface area contributed by atoms with E-state index < -0.39 is 6.17 Å². The number of benzene rings is 1. The number of amides is 1. The number of piperidine rings is 1. The summed E-state index contributed by atoms with van der Waals surface area (Å²) in [6.07, 6.45) is 6.68. The number of likely N-dealkylation sites (tertiary alicyclic amines) is 2. The van der Waals surface area contributed by atoms with E-state index in [4.69, 9.17) is 0 Å². The average Bonchev–Trinajstić information content (AvgIpc) is 3.03. The summed E-state index contributed by atoms with van der Waals surface area (Å²) >= 11 is 0. The van der Waals surface area contributed by atoms with E-state index in [1.54, 1.807) is 12.2 Å². The van der Waals surface area contributed by atoms with Gasteiger partial charge in [-0.05, 0) is 62.3 Å². The fourth-order valence-corrected chi connectivity index (χ4v) is 4.90. The molecule has 28 heavy (non-hydrogen) atoms. The van der Waals surface area contributed by atoms with Crippen molar-refractivity contribution in [3.8, 4) is 0 Å². The first-order chi connectivity index (χ1) is 13.5. The van der Waals surface area contributed by atoms with Crippen molar-refractivity contribution < 1.29 is 14.3 Å². The molecule has 2 unspecified atom stereocenters. The quantitative estimate of drug-likeness (QED) is 0.859. The van der Waals surface area contributed by atoms with Gasteiger partial charge < -0.3 is 10.0 Å². The maximum atomic E-state index is 15.0. The number of alkyl halides is 1. The Kier molecular flexibility index (Phi) is 5.54. The van der Waals surface area contributed by atoms with Crippen LogP contribution in [0.2, 0.25) is 0 Å². The summed E-state index contributed by atoms with van der Waals surface area (Å²) in [5.41, 5.74) is 2.35. The van der Waals surface area contributed by atoms with Gasteiger partial charge in [0, 0.05) is 19.6 Å². The van der Waals surface area contributed by atoms with Crippen molar-refractivity contribution in [2.75, 3.05) is 19.6 Å². The lowest BCUT2D eigenvalue weighted by molar-refractivity contribution is -0.133. The Bertz CT molecular complexity index is 791. The van der Waals surface area contributed by atoms with E-state index in [0.717, 1.165) is 31.5 Å². The van der Waals surface area contributed by atoms with Crippen molar-refractivity contribution in [2.45, 2.75) is 44.9 Å². The molecular formula is C23H29FN2O2. The maximum Gasteiger partial charge on any atom is 0.240 e. The van der Waals surface area contributed by atoms with Gasteiger partial charge in [-0.2, -0.15) is 0 Å². The predicted octanol–water partition coefficient (Wildman–Crippen LogP) is 3.77. The lowest BCUT2D eigenvalue weighted by Crippen LogP contribution is -2.51. The van der Waals surface area contributed by atoms with Gasteiger partial charge in [-0.25, -0.2) is 4.39 Å². The van der Waals surface area contributed by atoms with Gasteiger partial charge in [-0.3, -0.25) is 9.69 Å². The molecule has 1 aliphatic carbocycles. The smallest absolute Gasteiger partial charge is 0.240 e. The van der Waals surface area contributed by atoms with Crippen molar-refractivity contribution in [2.24, 2.45) is 11.8 Å². The monoisotopic (exact) mass is 384 g/mol. The molecule has 2 fully saturated rings. The average molecular weight is 384 g/mol. The summed E-state index contributed by atoms with van der Waals surface area (Å²) in [6, 6.07) is 8.07. The number of carbonyl (C=O) groups is 1. The molecule has 2 saturated heterocycles. The van der Waals surface area contributed by atoms with Crippen molar-refractivity contribution in [3.63, 3.8) is 0 Å². The van der Waals surface area contributed by atoms with Crippen LogP contribution in [0.4, 0.5) is 4.39 Å². The second kappa shape index (κ2) is 8.08. The van der Waals surface area contributed by atoms with E-state index >= 15 is 0 Å². The van der Waals surface area contributed by atoms with Gasteiger partial charge in [0.2, 0.25) is 5.91 Å². The van der Waals surface area contributed by atoms with E-state index in [9.17, 15) is 14.3 Å². The third-order valence-corrected chi connectivity index (χ3v) is 6.45. The first kappa shape index (κ1) is 19.2. The lowest BCUT2D eigenvalue weighted by Gasteiger charge is -2.40. The van der Waals surface area contributed by atoms with Crippen LogP contribution >= 0.6 is 0 Å². The summed E-state index contributed by atoms with van der Waals surface area (Å²) < 4.78 is 15.0. The summed E-state index contributed by atoms with van der Waals surface area (Å²) in [5.74, 6) is 0.522. The van der Waals surface area contributed by atoms with Crippen LogP contribution in [0.25, 0.3) is 0 Å². The van der Waals surface area contributed by atoms with E-state index in [1.165, 1.54) is 5.56 Å². The third-order valence-electron chi connectivity index (χ3n) is 6.45. The molecule has 2 aliphatic heterocycles. The molecule has 4 atom stereocenters. The second-order valence-electron chi connectivity index (χ2n) is 8.40. The molecule has 1 N–H and O–H groups in total. The molecule has 1 aromatic rings. The van der Waals surface area contributed by atoms with E-state index in [2.05, 4.69) is 30.0 Å². The van der Waals surface area contributed by atoms with Crippen LogP contribution in [0.1, 0.15) is 30.4 Å². The fourth-order valence-electron chi connectivity index (χ4n) is 4.90. The Morgan fingerprint density at radius 2 is 2.11 bits per heavy atom. The van der Waals surface area contributed by atoms with Crippen molar-refractivity contribution in [1.29, 1.82) is 0 Å². The Hall–Kier alpha value is -2.14. The zero-order chi connectivity index (χ0) is 19.7. The summed E-state index contributed by atoms with van der Waals surface area (Å²) in [6.45, 7) is 4.53. The number of aryl methyl sites for hydroxylation is 1. The number of halogens is 1. The van der Waals surface area contributed by atoms with Crippen LogP contribution in [-0.2, 0) is 11.3 Å². The zero-order valence-corrected chi connectivity index (χ0v) is 16.4. The Balaban J connectivity index is 1.34.